The smallest absolute Gasteiger partial charge is 0.247 e. The second kappa shape index (κ2) is 6.16. The molecule has 1 aromatic carbocycles. The molecule has 0 N–H and O–H groups in total. The summed E-state index contributed by atoms with van der Waals surface area (Å²) in [5.74, 6) is 0.240. The van der Waals surface area contributed by atoms with Gasteiger partial charge >= 0.3 is 0 Å². The highest BCUT2D eigenvalue weighted by molar-refractivity contribution is 7.91. The lowest BCUT2D eigenvalue weighted by atomic mass is 10.1. The Morgan fingerprint density at radius 2 is 1.71 bits per heavy atom. The molecule has 2 bridgehead atoms. The fourth-order valence-electron chi connectivity index (χ4n) is 3.79. The summed E-state index contributed by atoms with van der Waals surface area (Å²) in [5, 5.41) is -0.157. The predicted octanol–water partition coefficient (Wildman–Crippen LogP) is 2.08. The van der Waals surface area contributed by atoms with Crippen LogP contribution in [0.1, 0.15) is 25.7 Å². The van der Waals surface area contributed by atoms with E-state index in [0.29, 0.717) is 30.7 Å². The first kappa shape index (κ1) is 18.0. The maximum atomic E-state index is 13.2. The minimum absolute atomic E-state index is 0.0344. The molecule has 0 amide bonds. The number of sulfonamides is 1. The van der Waals surface area contributed by atoms with E-state index in [9.17, 15) is 16.8 Å². The zero-order valence-corrected chi connectivity index (χ0v) is 15.9. The molecule has 6 nitrogen and oxygen atoms in total. The third-order valence-electron chi connectivity index (χ3n) is 4.91. The van der Waals surface area contributed by atoms with E-state index < -0.39 is 25.1 Å². The third kappa shape index (κ3) is 3.05. The lowest BCUT2D eigenvalue weighted by molar-refractivity contribution is 0.248. The number of hydrogen-bond donors (Lipinski definition) is 0. The Kier molecular flexibility index (Phi) is 4.61. The molecule has 1 aromatic rings. The van der Waals surface area contributed by atoms with Crippen molar-refractivity contribution in [2.75, 3.05) is 13.4 Å². The Hall–Kier alpha value is -0.830. The topological polar surface area (TPSA) is 80.8 Å². The number of hydrogen-bond acceptors (Lipinski definition) is 5. The van der Waals surface area contributed by atoms with Crippen LogP contribution in [-0.4, -0.2) is 51.8 Å². The molecule has 2 aliphatic rings. The summed E-state index contributed by atoms with van der Waals surface area (Å²) in [6.45, 7) is 0. The first-order valence-corrected chi connectivity index (χ1v) is 11.5. The van der Waals surface area contributed by atoms with Crippen molar-refractivity contribution >= 4 is 31.5 Å². The number of sulfone groups is 1. The second-order valence-corrected chi connectivity index (χ2v) is 11.0. The molecule has 0 saturated carbocycles. The highest BCUT2D eigenvalue weighted by atomic mass is 35.5. The minimum atomic E-state index is -3.80. The van der Waals surface area contributed by atoms with Crippen LogP contribution in [0.25, 0.3) is 0 Å². The van der Waals surface area contributed by atoms with Gasteiger partial charge in [-0.2, -0.15) is 4.31 Å². The Morgan fingerprint density at radius 3 is 2.21 bits per heavy atom. The number of rotatable bonds is 4. The van der Waals surface area contributed by atoms with Crippen LogP contribution in [0.5, 0.6) is 5.75 Å². The van der Waals surface area contributed by atoms with Gasteiger partial charge in [-0.25, -0.2) is 16.8 Å². The second-order valence-electron chi connectivity index (χ2n) is 6.44. The predicted molar refractivity (Wildman–Crippen MR) is 91.7 cm³/mol. The molecule has 2 saturated heterocycles. The molecule has 2 aliphatic heterocycles. The highest BCUT2D eigenvalue weighted by Crippen LogP contribution is 2.43. The minimum Gasteiger partial charge on any atom is -0.495 e. The quantitative estimate of drug-likeness (QED) is 0.782. The van der Waals surface area contributed by atoms with Gasteiger partial charge in [0.05, 0.1) is 12.4 Å². The maximum absolute atomic E-state index is 13.2. The number of halogens is 1. The molecule has 0 spiro atoms. The van der Waals surface area contributed by atoms with Crippen LogP contribution in [0.4, 0.5) is 0 Å². The Morgan fingerprint density at radius 1 is 1.12 bits per heavy atom. The SMILES string of the molecule is COc1ccc(Cl)cc1S(=O)(=O)N1C2CCC1CC(S(C)(=O)=O)C2. The Labute approximate surface area is 147 Å². The zero-order chi connectivity index (χ0) is 17.7. The van der Waals surface area contributed by atoms with Gasteiger partial charge < -0.3 is 4.74 Å². The van der Waals surface area contributed by atoms with E-state index in [-0.39, 0.29) is 22.7 Å². The summed E-state index contributed by atoms with van der Waals surface area (Å²) in [6, 6.07) is 3.90. The summed E-state index contributed by atoms with van der Waals surface area (Å²) < 4.78 is 56.7. The standard InChI is InChI=1S/C15H20ClNO5S2/c1-22-14-6-3-10(16)7-15(14)24(20,21)17-11-4-5-12(17)9-13(8-11)23(2,18)19/h3,6-7,11-13H,4-5,8-9H2,1-2H3. The van der Waals surface area contributed by atoms with Gasteiger partial charge in [0.1, 0.15) is 20.5 Å². The van der Waals surface area contributed by atoms with E-state index in [0.717, 1.165) is 0 Å². The van der Waals surface area contributed by atoms with Crippen LogP contribution in [0.2, 0.25) is 5.02 Å². The summed E-state index contributed by atoms with van der Waals surface area (Å²) in [5.41, 5.74) is 0. The molecule has 2 heterocycles. The Balaban J connectivity index is 2.00. The first-order chi connectivity index (χ1) is 11.1. The number of benzene rings is 1. The van der Waals surface area contributed by atoms with E-state index in [1.807, 2.05) is 0 Å². The molecule has 2 unspecified atom stereocenters. The molecule has 0 aliphatic carbocycles. The van der Waals surface area contributed by atoms with Gasteiger partial charge in [-0.1, -0.05) is 11.6 Å². The number of ether oxygens (including phenoxy) is 1. The van der Waals surface area contributed by atoms with Crippen LogP contribution in [0, 0.1) is 0 Å². The monoisotopic (exact) mass is 393 g/mol. The van der Waals surface area contributed by atoms with Crippen molar-refractivity contribution in [3.05, 3.63) is 23.2 Å². The van der Waals surface area contributed by atoms with E-state index in [4.69, 9.17) is 16.3 Å². The average molecular weight is 394 g/mol. The number of methoxy groups -OCH3 is 1. The van der Waals surface area contributed by atoms with E-state index in [2.05, 4.69) is 0 Å². The third-order valence-corrected chi connectivity index (χ3v) is 8.77. The number of piperidine rings is 1. The Bertz CT molecular complexity index is 839. The van der Waals surface area contributed by atoms with Crippen LogP contribution in [0.3, 0.4) is 0 Å². The van der Waals surface area contributed by atoms with Crippen LogP contribution < -0.4 is 4.74 Å². The highest BCUT2D eigenvalue weighted by Gasteiger charge is 2.49. The van der Waals surface area contributed by atoms with Crippen LogP contribution in [0.15, 0.2) is 23.1 Å². The zero-order valence-electron chi connectivity index (χ0n) is 13.5. The van der Waals surface area contributed by atoms with Gasteiger partial charge in [-0.05, 0) is 43.9 Å². The molecule has 134 valence electrons. The van der Waals surface area contributed by atoms with Gasteiger partial charge in [-0.3, -0.25) is 0 Å². The van der Waals surface area contributed by atoms with E-state index >= 15 is 0 Å². The molecular weight excluding hydrogens is 374 g/mol. The molecule has 0 radical (unpaired) electrons. The van der Waals surface area contributed by atoms with Crippen LogP contribution >= 0.6 is 11.6 Å². The molecule has 24 heavy (non-hydrogen) atoms. The molecule has 9 heteroatoms. The normalized spacial score (nSPS) is 28.0. The molecule has 3 rings (SSSR count). The molecule has 2 fully saturated rings. The van der Waals surface area contributed by atoms with Crippen molar-refractivity contribution < 1.29 is 21.6 Å². The van der Waals surface area contributed by atoms with Gasteiger partial charge in [0.2, 0.25) is 10.0 Å². The molecule has 0 aromatic heterocycles. The fraction of sp³-hybridized carbons (Fsp3) is 0.600. The van der Waals surface area contributed by atoms with Crippen molar-refractivity contribution in [3.63, 3.8) is 0 Å². The van der Waals surface area contributed by atoms with Crippen molar-refractivity contribution in [2.24, 2.45) is 0 Å². The molecule has 2 atom stereocenters. The summed E-state index contributed by atoms with van der Waals surface area (Å²) in [4.78, 5) is 0.0344. The van der Waals surface area contributed by atoms with Gasteiger partial charge in [0.25, 0.3) is 0 Å². The fourth-order valence-corrected chi connectivity index (χ4v) is 7.25. The average Bonchev–Trinajstić information content (AvgIpc) is 2.77. The molecular formula is C15H20ClNO5S2. The lowest BCUT2D eigenvalue weighted by Crippen LogP contribution is -2.49. The lowest BCUT2D eigenvalue weighted by Gasteiger charge is -2.37. The van der Waals surface area contributed by atoms with Crippen LogP contribution in [-0.2, 0) is 19.9 Å². The maximum Gasteiger partial charge on any atom is 0.247 e. The van der Waals surface area contributed by atoms with Crippen molar-refractivity contribution in [3.8, 4) is 5.75 Å². The number of nitrogens with zero attached hydrogens (tertiary/aromatic N) is 1. The van der Waals surface area contributed by atoms with Crippen molar-refractivity contribution in [1.82, 2.24) is 4.31 Å². The first-order valence-electron chi connectivity index (χ1n) is 7.70. The van der Waals surface area contributed by atoms with Crippen molar-refractivity contribution in [2.45, 2.75) is 47.9 Å². The largest absolute Gasteiger partial charge is 0.495 e. The van der Waals surface area contributed by atoms with E-state index in [1.54, 1.807) is 6.07 Å². The van der Waals surface area contributed by atoms with Gasteiger partial charge in [0.15, 0.2) is 0 Å². The van der Waals surface area contributed by atoms with E-state index in [1.165, 1.54) is 29.8 Å². The summed E-state index contributed by atoms with van der Waals surface area (Å²) in [7, 11) is -5.57. The van der Waals surface area contributed by atoms with Crippen molar-refractivity contribution in [1.29, 1.82) is 0 Å². The van der Waals surface area contributed by atoms with Gasteiger partial charge in [0, 0.05) is 23.4 Å². The number of fused-ring (bicyclic) bond motifs is 2. The summed E-state index contributed by atoms with van der Waals surface area (Å²) >= 11 is 5.97. The summed E-state index contributed by atoms with van der Waals surface area (Å²) in [6.07, 6.45) is 3.27. The van der Waals surface area contributed by atoms with Gasteiger partial charge in [-0.15, -0.1) is 0 Å².